The fraction of sp³-hybridized carbons (Fsp3) is 0.400. The molecule has 0 radical (unpaired) electrons. The number of halogens is 1. The van der Waals surface area contributed by atoms with Gasteiger partial charge in [-0.2, -0.15) is 0 Å². The number of hydrogen-bond acceptors (Lipinski definition) is 4. The first kappa shape index (κ1) is 13.6. The molecule has 4 rings (SSSR count). The molecular formula is C15H16ClN5O. The van der Waals surface area contributed by atoms with E-state index < -0.39 is 0 Å². The second-order valence-corrected chi connectivity index (χ2v) is 6.14. The van der Waals surface area contributed by atoms with E-state index in [0.29, 0.717) is 18.0 Å². The maximum atomic E-state index is 12.3. The van der Waals surface area contributed by atoms with E-state index in [1.807, 2.05) is 18.2 Å². The number of aryl methyl sites for hydroxylation is 1. The number of aromatic nitrogens is 3. The van der Waals surface area contributed by atoms with Gasteiger partial charge >= 0.3 is 0 Å². The molecule has 2 aromatic rings. The number of carbonyl (C=O) groups is 1. The van der Waals surface area contributed by atoms with Crippen molar-refractivity contribution in [1.82, 2.24) is 20.1 Å². The van der Waals surface area contributed by atoms with Crippen molar-refractivity contribution in [2.45, 2.75) is 38.4 Å². The summed E-state index contributed by atoms with van der Waals surface area (Å²) in [7, 11) is 0. The third-order valence-corrected chi connectivity index (χ3v) is 4.48. The van der Waals surface area contributed by atoms with E-state index in [-0.39, 0.29) is 11.9 Å². The lowest BCUT2D eigenvalue weighted by Gasteiger charge is -2.11. The molecule has 1 atom stereocenters. The van der Waals surface area contributed by atoms with E-state index >= 15 is 0 Å². The average Bonchev–Trinajstić information content (AvgIpc) is 3.19. The molecule has 1 amide bonds. The fourth-order valence-corrected chi connectivity index (χ4v) is 3.31. The zero-order chi connectivity index (χ0) is 15.1. The average molecular weight is 318 g/mol. The molecule has 6 nitrogen and oxygen atoms in total. The molecule has 0 bridgehead atoms. The molecule has 2 N–H and O–H groups in total. The Bertz CT molecular complexity index is 742. The summed E-state index contributed by atoms with van der Waals surface area (Å²) in [6, 6.07) is 5.39. The molecule has 1 aromatic heterocycles. The zero-order valence-corrected chi connectivity index (χ0v) is 12.7. The van der Waals surface area contributed by atoms with Crippen molar-refractivity contribution in [2.75, 3.05) is 5.32 Å². The quantitative estimate of drug-likeness (QED) is 0.900. The van der Waals surface area contributed by atoms with Crippen LogP contribution in [-0.4, -0.2) is 26.7 Å². The fourth-order valence-electron chi connectivity index (χ4n) is 3.12. The van der Waals surface area contributed by atoms with Crippen LogP contribution in [0.15, 0.2) is 18.2 Å². The van der Waals surface area contributed by atoms with E-state index in [1.165, 1.54) is 0 Å². The Morgan fingerprint density at radius 2 is 2.36 bits per heavy atom. The van der Waals surface area contributed by atoms with Crippen molar-refractivity contribution in [3.05, 3.63) is 40.4 Å². The maximum absolute atomic E-state index is 12.3. The minimum atomic E-state index is -0.255. The maximum Gasteiger partial charge on any atom is 0.243 e. The van der Waals surface area contributed by atoms with Crippen LogP contribution in [0.3, 0.4) is 0 Å². The third kappa shape index (κ3) is 2.33. The van der Waals surface area contributed by atoms with Crippen molar-refractivity contribution < 1.29 is 4.79 Å². The van der Waals surface area contributed by atoms with Crippen LogP contribution in [0.5, 0.6) is 0 Å². The molecule has 114 valence electrons. The van der Waals surface area contributed by atoms with E-state index in [2.05, 4.69) is 25.4 Å². The molecule has 0 saturated heterocycles. The highest BCUT2D eigenvalue weighted by Crippen LogP contribution is 2.28. The van der Waals surface area contributed by atoms with Crippen molar-refractivity contribution in [3.63, 3.8) is 0 Å². The molecule has 3 heterocycles. The molecule has 0 spiro atoms. The van der Waals surface area contributed by atoms with E-state index in [4.69, 9.17) is 11.6 Å². The van der Waals surface area contributed by atoms with Gasteiger partial charge in [0.05, 0.1) is 6.54 Å². The van der Waals surface area contributed by atoms with Crippen LogP contribution in [0.1, 0.15) is 23.6 Å². The lowest BCUT2D eigenvalue weighted by Crippen LogP contribution is -2.38. The molecule has 2 aliphatic heterocycles. The first-order chi connectivity index (χ1) is 10.7. The molecule has 1 aromatic carbocycles. The van der Waals surface area contributed by atoms with Crippen LogP contribution < -0.4 is 10.6 Å². The summed E-state index contributed by atoms with van der Waals surface area (Å²) in [5, 5.41) is 15.2. The van der Waals surface area contributed by atoms with E-state index in [1.54, 1.807) is 0 Å². The Labute approximate surface area is 132 Å². The zero-order valence-electron chi connectivity index (χ0n) is 12.0. The van der Waals surface area contributed by atoms with Gasteiger partial charge in [0.25, 0.3) is 0 Å². The first-order valence-electron chi connectivity index (χ1n) is 7.44. The van der Waals surface area contributed by atoms with Gasteiger partial charge in [0, 0.05) is 30.1 Å². The highest BCUT2D eigenvalue weighted by molar-refractivity contribution is 6.30. The van der Waals surface area contributed by atoms with Crippen molar-refractivity contribution in [2.24, 2.45) is 0 Å². The van der Waals surface area contributed by atoms with Gasteiger partial charge in [-0.3, -0.25) is 4.79 Å². The number of hydrogen-bond donors (Lipinski definition) is 2. The topological polar surface area (TPSA) is 71.8 Å². The van der Waals surface area contributed by atoms with Crippen LogP contribution in [0.2, 0.25) is 5.02 Å². The van der Waals surface area contributed by atoms with Crippen molar-refractivity contribution in [1.29, 1.82) is 0 Å². The molecular weight excluding hydrogens is 302 g/mol. The van der Waals surface area contributed by atoms with Crippen molar-refractivity contribution >= 4 is 23.2 Å². The molecule has 0 fully saturated rings. The predicted molar refractivity (Wildman–Crippen MR) is 82.8 cm³/mol. The highest BCUT2D eigenvalue weighted by Gasteiger charge is 2.27. The Balaban J connectivity index is 1.39. The summed E-state index contributed by atoms with van der Waals surface area (Å²) in [6.07, 6.45) is 2.73. The van der Waals surface area contributed by atoms with E-state index in [9.17, 15) is 4.79 Å². The van der Waals surface area contributed by atoms with E-state index in [0.717, 1.165) is 42.3 Å². The lowest BCUT2D eigenvalue weighted by atomic mass is 10.1. The third-order valence-electron chi connectivity index (χ3n) is 4.24. The largest absolute Gasteiger partial charge is 0.373 e. The summed E-state index contributed by atoms with van der Waals surface area (Å²) in [4.78, 5) is 12.3. The second kappa shape index (κ2) is 5.28. The van der Waals surface area contributed by atoms with Crippen LogP contribution in [0.25, 0.3) is 0 Å². The molecule has 7 heteroatoms. The summed E-state index contributed by atoms with van der Waals surface area (Å²) < 4.78 is 2.09. The van der Waals surface area contributed by atoms with Crippen LogP contribution in [0.4, 0.5) is 5.69 Å². The number of fused-ring (bicyclic) bond motifs is 2. The van der Waals surface area contributed by atoms with Gasteiger partial charge in [-0.15, -0.1) is 10.2 Å². The standard InChI is InChI=1S/C15H16ClN5O/c16-10-3-4-11-9(6-10)7-12(18-11)15(22)17-8-14-20-19-13-2-1-5-21(13)14/h3-4,6,12,18H,1-2,5,7-8H2,(H,17,22). The van der Waals surface area contributed by atoms with Crippen LogP contribution in [0, 0.1) is 0 Å². The number of carbonyl (C=O) groups excluding carboxylic acids is 1. The Kier molecular flexibility index (Phi) is 3.26. The van der Waals surface area contributed by atoms with Gasteiger partial charge in [0.15, 0.2) is 5.82 Å². The Hall–Kier alpha value is -2.08. The number of nitrogens with one attached hydrogen (secondary N) is 2. The lowest BCUT2D eigenvalue weighted by molar-refractivity contribution is -0.121. The summed E-state index contributed by atoms with van der Waals surface area (Å²) in [5.74, 6) is 1.83. The summed E-state index contributed by atoms with van der Waals surface area (Å²) >= 11 is 5.99. The minimum absolute atomic E-state index is 0.0253. The highest BCUT2D eigenvalue weighted by atomic mass is 35.5. The molecule has 0 aliphatic carbocycles. The predicted octanol–water partition coefficient (Wildman–Crippen LogP) is 1.53. The Morgan fingerprint density at radius 3 is 3.27 bits per heavy atom. The number of nitrogens with zero attached hydrogens (tertiary/aromatic N) is 3. The number of benzene rings is 1. The number of rotatable bonds is 3. The van der Waals surface area contributed by atoms with Gasteiger partial charge in [-0.1, -0.05) is 11.6 Å². The van der Waals surface area contributed by atoms with Gasteiger partial charge in [-0.25, -0.2) is 0 Å². The van der Waals surface area contributed by atoms with Crippen molar-refractivity contribution in [3.8, 4) is 0 Å². The second-order valence-electron chi connectivity index (χ2n) is 5.71. The molecule has 22 heavy (non-hydrogen) atoms. The van der Waals surface area contributed by atoms with Gasteiger partial charge in [-0.05, 0) is 30.2 Å². The molecule has 2 aliphatic rings. The summed E-state index contributed by atoms with van der Waals surface area (Å²) in [5.41, 5.74) is 2.06. The summed E-state index contributed by atoms with van der Waals surface area (Å²) in [6.45, 7) is 1.36. The van der Waals surface area contributed by atoms with Crippen LogP contribution in [-0.2, 0) is 30.7 Å². The normalized spacial score (nSPS) is 18.7. The monoisotopic (exact) mass is 317 g/mol. The molecule has 1 unspecified atom stereocenters. The van der Waals surface area contributed by atoms with Gasteiger partial charge in [0.2, 0.25) is 5.91 Å². The van der Waals surface area contributed by atoms with Crippen LogP contribution >= 0.6 is 11.6 Å². The SMILES string of the molecule is O=C(NCc1nnc2n1CCC2)C1Cc2cc(Cl)ccc2N1. The smallest absolute Gasteiger partial charge is 0.243 e. The van der Waals surface area contributed by atoms with Gasteiger partial charge in [0.1, 0.15) is 11.9 Å². The number of amides is 1. The Morgan fingerprint density at radius 1 is 1.45 bits per heavy atom. The minimum Gasteiger partial charge on any atom is -0.373 e. The molecule has 0 saturated carbocycles. The first-order valence-corrected chi connectivity index (χ1v) is 7.82. The van der Waals surface area contributed by atoms with Gasteiger partial charge < -0.3 is 15.2 Å². The number of anilines is 1.